The maximum absolute atomic E-state index is 11.4. The first-order valence-electron chi connectivity index (χ1n) is 4.78. The van der Waals surface area contributed by atoms with Gasteiger partial charge in [-0.2, -0.15) is 4.98 Å². The molecular formula is C11H11BrN2O. The molecule has 0 saturated carbocycles. The fraction of sp³-hybridized carbons (Fsp3) is 0.273. The van der Waals surface area contributed by atoms with Crippen LogP contribution in [0, 0.1) is 0 Å². The van der Waals surface area contributed by atoms with Crippen molar-refractivity contribution in [1.29, 1.82) is 0 Å². The molecule has 0 amide bonds. The quantitative estimate of drug-likeness (QED) is 0.863. The number of hydrogen-bond acceptors (Lipinski definition) is 2. The van der Waals surface area contributed by atoms with Gasteiger partial charge in [0.1, 0.15) is 0 Å². The first-order chi connectivity index (χ1) is 7.09. The number of aromatic amines is 1. The van der Waals surface area contributed by atoms with Gasteiger partial charge in [-0.3, -0.25) is 0 Å². The summed E-state index contributed by atoms with van der Waals surface area (Å²) in [7, 11) is 0. The monoisotopic (exact) mass is 266 g/mol. The minimum absolute atomic E-state index is 0.275. The molecule has 78 valence electrons. The Bertz CT molecular complexity index is 560. The average Bonchev–Trinajstić information content (AvgIpc) is 2.18. The van der Waals surface area contributed by atoms with E-state index in [1.165, 1.54) is 0 Å². The van der Waals surface area contributed by atoms with Crippen LogP contribution in [0.1, 0.15) is 25.5 Å². The number of halogens is 1. The number of nitrogens with zero attached hydrogens (tertiary/aromatic N) is 1. The topological polar surface area (TPSA) is 45.8 Å². The van der Waals surface area contributed by atoms with Gasteiger partial charge in [0.05, 0.1) is 5.52 Å². The van der Waals surface area contributed by atoms with Gasteiger partial charge in [-0.15, -0.1) is 0 Å². The number of hydrogen-bond donors (Lipinski definition) is 1. The summed E-state index contributed by atoms with van der Waals surface area (Å²) in [6, 6.07) is 5.80. The molecule has 0 bridgehead atoms. The van der Waals surface area contributed by atoms with Crippen molar-refractivity contribution >= 4 is 26.8 Å². The highest BCUT2D eigenvalue weighted by molar-refractivity contribution is 9.10. The summed E-state index contributed by atoms with van der Waals surface area (Å²) in [5.41, 5.74) is 1.37. The van der Waals surface area contributed by atoms with Gasteiger partial charge in [-0.1, -0.05) is 26.0 Å². The Labute approximate surface area is 95.7 Å². The Hall–Kier alpha value is -1.16. The number of rotatable bonds is 1. The lowest BCUT2D eigenvalue weighted by molar-refractivity contribution is 0.818. The lowest BCUT2D eigenvalue weighted by atomic mass is 10.1. The second-order valence-corrected chi connectivity index (χ2v) is 4.60. The maximum Gasteiger partial charge on any atom is 0.345 e. The van der Waals surface area contributed by atoms with Crippen molar-refractivity contribution in [3.05, 3.63) is 38.9 Å². The van der Waals surface area contributed by atoms with E-state index in [9.17, 15) is 4.79 Å². The van der Waals surface area contributed by atoms with E-state index >= 15 is 0 Å². The molecule has 3 nitrogen and oxygen atoms in total. The molecular weight excluding hydrogens is 256 g/mol. The van der Waals surface area contributed by atoms with Crippen molar-refractivity contribution in [2.24, 2.45) is 0 Å². The molecule has 1 N–H and O–H groups in total. The molecule has 0 aliphatic carbocycles. The number of H-pyrrole nitrogens is 1. The summed E-state index contributed by atoms with van der Waals surface area (Å²) in [6.07, 6.45) is 0. The molecule has 0 radical (unpaired) electrons. The Balaban J connectivity index is 2.93. The van der Waals surface area contributed by atoms with Gasteiger partial charge in [0.15, 0.2) is 0 Å². The van der Waals surface area contributed by atoms with Crippen LogP contribution in [0.25, 0.3) is 10.9 Å². The summed E-state index contributed by atoms with van der Waals surface area (Å²) < 4.78 is 0.855. The van der Waals surface area contributed by atoms with E-state index in [0.29, 0.717) is 0 Å². The highest BCUT2D eigenvalue weighted by Gasteiger charge is 2.09. The molecule has 0 aliphatic heterocycles. The average molecular weight is 267 g/mol. The van der Waals surface area contributed by atoms with Crippen LogP contribution >= 0.6 is 15.9 Å². The third kappa shape index (κ3) is 1.81. The van der Waals surface area contributed by atoms with Gasteiger partial charge in [0, 0.05) is 15.6 Å². The summed E-state index contributed by atoms with van der Waals surface area (Å²) >= 11 is 3.40. The second kappa shape index (κ2) is 3.77. The largest absolute Gasteiger partial charge is 0.345 e. The number of aromatic nitrogens is 2. The van der Waals surface area contributed by atoms with Crippen LogP contribution in [0.4, 0.5) is 0 Å². The van der Waals surface area contributed by atoms with Crippen LogP contribution in [-0.4, -0.2) is 9.97 Å². The van der Waals surface area contributed by atoms with E-state index < -0.39 is 0 Å². The molecule has 0 unspecified atom stereocenters. The molecule has 2 rings (SSSR count). The maximum atomic E-state index is 11.4. The molecule has 2 aromatic rings. The van der Waals surface area contributed by atoms with Crippen LogP contribution < -0.4 is 5.69 Å². The molecule has 0 saturated heterocycles. The van der Waals surface area contributed by atoms with Crippen LogP contribution in [0.3, 0.4) is 0 Å². The summed E-state index contributed by atoms with van der Waals surface area (Å²) in [4.78, 5) is 18.1. The zero-order valence-corrected chi connectivity index (χ0v) is 10.1. The minimum Gasteiger partial charge on any atom is -0.309 e. The zero-order chi connectivity index (χ0) is 11.0. The molecule has 4 heteroatoms. The van der Waals surface area contributed by atoms with Crippen molar-refractivity contribution in [2.75, 3.05) is 0 Å². The van der Waals surface area contributed by atoms with E-state index in [0.717, 1.165) is 21.1 Å². The molecule has 15 heavy (non-hydrogen) atoms. The molecule has 1 heterocycles. The molecule has 1 aromatic heterocycles. The molecule has 0 aliphatic rings. The first-order valence-corrected chi connectivity index (χ1v) is 5.57. The third-order valence-electron chi connectivity index (χ3n) is 2.31. The fourth-order valence-electron chi connectivity index (χ4n) is 1.61. The van der Waals surface area contributed by atoms with E-state index in [-0.39, 0.29) is 11.6 Å². The highest BCUT2D eigenvalue weighted by Crippen LogP contribution is 2.25. The van der Waals surface area contributed by atoms with Gasteiger partial charge < -0.3 is 4.98 Å². The predicted octanol–water partition coefficient (Wildman–Crippen LogP) is 2.81. The van der Waals surface area contributed by atoms with Crippen molar-refractivity contribution in [1.82, 2.24) is 9.97 Å². The normalized spacial score (nSPS) is 11.2. The fourth-order valence-corrected chi connectivity index (χ4v) is 2.07. The van der Waals surface area contributed by atoms with Crippen LogP contribution in [0.15, 0.2) is 27.5 Å². The lowest BCUT2D eigenvalue weighted by Gasteiger charge is -2.09. The minimum atomic E-state index is -0.293. The van der Waals surface area contributed by atoms with E-state index in [1.54, 1.807) is 0 Å². The lowest BCUT2D eigenvalue weighted by Crippen LogP contribution is -2.14. The van der Waals surface area contributed by atoms with Gasteiger partial charge in [0.25, 0.3) is 0 Å². The second-order valence-electron chi connectivity index (χ2n) is 3.75. The van der Waals surface area contributed by atoms with E-state index in [1.807, 2.05) is 32.0 Å². The Morgan fingerprint density at radius 1 is 1.40 bits per heavy atom. The smallest absolute Gasteiger partial charge is 0.309 e. The van der Waals surface area contributed by atoms with Gasteiger partial charge in [-0.05, 0) is 27.9 Å². The van der Waals surface area contributed by atoms with Crippen molar-refractivity contribution in [3.8, 4) is 0 Å². The predicted molar refractivity (Wildman–Crippen MR) is 64.2 cm³/mol. The van der Waals surface area contributed by atoms with Crippen LogP contribution in [-0.2, 0) is 0 Å². The van der Waals surface area contributed by atoms with Crippen molar-refractivity contribution < 1.29 is 0 Å². The first kappa shape index (κ1) is 10.4. The Morgan fingerprint density at radius 3 is 2.80 bits per heavy atom. The van der Waals surface area contributed by atoms with Gasteiger partial charge >= 0.3 is 5.69 Å². The molecule has 0 atom stereocenters. The SMILES string of the molecule is CC(C)c1[nH]c(=O)nc2c(Br)cccc12. The number of fused-ring (bicyclic) bond motifs is 1. The molecule has 1 aromatic carbocycles. The number of nitrogens with one attached hydrogen (secondary N) is 1. The van der Waals surface area contributed by atoms with E-state index in [4.69, 9.17) is 0 Å². The highest BCUT2D eigenvalue weighted by atomic mass is 79.9. The van der Waals surface area contributed by atoms with Crippen LogP contribution in [0.5, 0.6) is 0 Å². The molecule has 0 fully saturated rings. The Kier molecular flexibility index (Phi) is 2.61. The van der Waals surface area contributed by atoms with E-state index in [2.05, 4.69) is 25.9 Å². The Morgan fingerprint density at radius 2 is 2.13 bits per heavy atom. The molecule has 0 spiro atoms. The van der Waals surface area contributed by atoms with Gasteiger partial charge in [0.2, 0.25) is 0 Å². The summed E-state index contributed by atoms with van der Waals surface area (Å²) in [5, 5.41) is 0.999. The number of benzene rings is 1. The van der Waals surface area contributed by atoms with Crippen molar-refractivity contribution in [2.45, 2.75) is 19.8 Å². The number of para-hydroxylation sites is 1. The van der Waals surface area contributed by atoms with Crippen LogP contribution in [0.2, 0.25) is 0 Å². The van der Waals surface area contributed by atoms with Crippen molar-refractivity contribution in [3.63, 3.8) is 0 Å². The zero-order valence-electron chi connectivity index (χ0n) is 8.54. The standard InChI is InChI=1S/C11H11BrN2O/c1-6(2)9-7-4-3-5-8(12)10(7)14-11(15)13-9/h3-6H,1-2H3,(H,13,14,15). The van der Waals surface area contributed by atoms with Gasteiger partial charge in [-0.25, -0.2) is 4.79 Å². The third-order valence-corrected chi connectivity index (χ3v) is 2.95. The summed E-state index contributed by atoms with van der Waals surface area (Å²) in [5.74, 6) is 0.275. The summed E-state index contributed by atoms with van der Waals surface area (Å²) in [6.45, 7) is 4.09.